The number of hydrogen-bond donors (Lipinski definition) is 1. The van der Waals surface area contributed by atoms with E-state index in [1.54, 1.807) is 38.1 Å². The van der Waals surface area contributed by atoms with Crippen LogP contribution in [0.5, 0.6) is 0 Å². The molecular formula is C16H18ClN3O4. The molecule has 1 aliphatic heterocycles. The zero-order chi connectivity index (χ0) is 17.9. The molecule has 0 aliphatic carbocycles. The fraction of sp³-hybridized carbons (Fsp3) is 0.375. The number of nitrogens with one attached hydrogen (secondary N) is 1. The smallest absolute Gasteiger partial charge is 0.334 e. The van der Waals surface area contributed by atoms with Crippen molar-refractivity contribution in [2.24, 2.45) is 0 Å². The molecule has 24 heavy (non-hydrogen) atoms. The van der Waals surface area contributed by atoms with Crippen LogP contribution in [0.1, 0.15) is 31.9 Å². The van der Waals surface area contributed by atoms with Gasteiger partial charge in [-0.2, -0.15) is 0 Å². The third-order valence-corrected chi connectivity index (χ3v) is 3.98. The summed E-state index contributed by atoms with van der Waals surface area (Å²) in [4.78, 5) is 49.3. The maximum atomic E-state index is 12.1. The summed E-state index contributed by atoms with van der Waals surface area (Å²) in [6.45, 7) is 3.17. The molecule has 2 rings (SSSR count). The number of nitrogens with zero attached hydrogens (tertiary/aromatic N) is 2. The predicted octanol–water partition coefficient (Wildman–Crippen LogP) is 1.72. The average Bonchev–Trinajstić information content (AvgIpc) is 2.73. The molecule has 1 N–H and O–H groups in total. The second kappa shape index (κ2) is 7.44. The van der Waals surface area contributed by atoms with Crippen LogP contribution < -0.4 is 5.32 Å². The second-order valence-electron chi connectivity index (χ2n) is 5.44. The lowest BCUT2D eigenvalue weighted by Crippen LogP contribution is -2.42. The predicted molar refractivity (Wildman–Crippen MR) is 87.1 cm³/mol. The Morgan fingerprint density at radius 2 is 1.79 bits per heavy atom. The number of carbonyl (C=O) groups excluding carboxylic acids is 4. The first-order chi connectivity index (χ1) is 11.4. The molecule has 0 unspecified atom stereocenters. The van der Waals surface area contributed by atoms with Gasteiger partial charge in [-0.3, -0.25) is 19.3 Å². The van der Waals surface area contributed by atoms with Gasteiger partial charge in [-0.15, -0.1) is 0 Å². The summed E-state index contributed by atoms with van der Waals surface area (Å²) in [6, 6.07) is 5.88. The van der Waals surface area contributed by atoms with Gasteiger partial charge in [0.2, 0.25) is 5.91 Å². The van der Waals surface area contributed by atoms with Crippen LogP contribution in [-0.2, 0) is 14.4 Å². The van der Waals surface area contributed by atoms with E-state index < -0.39 is 36.3 Å². The van der Waals surface area contributed by atoms with E-state index in [2.05, 4.69) is 5.32 Å². The van der Waals surface area contributed by atoms with E-state index in [9.17, 15) is 19.2 Å². The van der Waals surface area contributed by atoms with Gasteiger partial charge in [-0.05, 0) is 25.0 Å². The Kier molecular flexibility index (Phi) is 5.56. The van der Waals surface area contributed by atoms with Crippen LogP contribution in [0, 0.1) is 0 Å². The highest BCUT2D eigenvalue weighted by molar-refractivity contribution is 6.45. The van der Waals surface area contributed by atoms with E-state index >= 15 is 0 Å². The standard InChI is InChI=1S/C16H18ClN3O4/c1-3-8-19-14(22)15(23)20(16(19)24)9-13(21)18-10(2)11-6-4-5-7-12(11)17/h4-7,10H,3,8-9H2,1-2H3,(H,18,21)/t10-/m1/s1. The van der Waals surface area contributed by atoms with Crippen LogP contribution in [0.15, 0.2) is 24.3 Å². The average molecular weight is 352 g/mol. The van der Waals surface area contributed by atoms with Gasteiger partial charge < -0.3 is 5.32 Å². The summed E-state index contributed by atoms with van der Waals surface area (Å²) in [5.41, 5.74) is 0.718. The fourth-order valence-electron chi connectivity index (χ4n) is 2.45. The number of hydrogen-bond acceptors (Lipinski definition) is 4. The normalized spacial score (nSPS) is 15.9. The molecule has 0 saturated carbocycles. The quantitative estimate of drug-likeness (QED) is 0.624. The number of benzene rings is 1. The molecule has 128 valence electrons. The van der Waals surface area contributed by atoms with E-state index in [4.69, 9.17) is 11.6 Å². The molecule has 1 atom stereocenters. The molecule has 1 fully saturated rings. The zero-order valence-corrected chi connectivity index (χ0v) is 14.2. The van der Waals surface area contributed by atoms with Gasteiger partial charge >= 0.3 is 17.8 Å². The lowest BCUT2D eigenvalue weighted by molar-refractivity contribution is -0.144. The molecule has 8 heteroatoms. The molecule has 1 aromatic carbocycles. The number of rotatable bonds is 6. The van der Waals surface area contributed by atoms with E-state index in [1.165, 1.54) is 0 Å². The van der Waals surface area contributed by atoms with Crippen LogP contribution in [0.4, 0.5) is 4.79 Å². The van der Waals surface area contributed by atoms with Crippen molar-refractivity contribution >= 4 is 35.4 Å². The van der Waals surface area contributed by atoms with E-state index in [1.807, 2.05) is 0 Å². The first-order valence-corrected chi connectivity index (χ1v) is 7.95. The molecule has 0 radical (unpaired) electrons. The van der Waals surface area contributed by atoms with Gasteiger partial charge in [0.15, 0.2) is 0 Å². The molecule has 0 aromatic heterocycles. The van der Waals surface area contributed by atoms with Crippen LogP contribution in [0.2, 0.25) is 5.02 Å². The Balaban J connectivity index is 2.02. The van der Waals surface area contributed by atoms with Crippen molar-refractivity contribution in [3.63, 3.8) is 0 Å². The highest BCUT2D eigenvalue weighted by Gasteiger charge is 2.44. The molecule has 5 amide bonds. The number of halogens is 1. The first kappa shape index (κ1) is 17.9. The van der Waals surface area contributed by atoms with Crippen LogP contribution in [-0.4, -0.2) is 46.6 Å². The second-order valence-corrected chi connectivity index (χ2v) is 5.85. The fourth-order valence-corrected chi connectivity index (χ4v) is 2.74. The van der Waals surface area contributed by atoms with Crippen molar-refractivity contribution in [3.8, 4) is 0 Å². The minimum Gasteiger partial charge on any atom is -0.348 e. The maximum Gasteiger partial charge on any atom is 0.334 e. The van der Waals surface area contributed by atoms with E-state index in [0.717, 1.165) is 10.5 Å². The van der Waals surface area contributed by atoms with Crippen molar-refractivity contribution in [1.29, 1.82) is 0 Å². The SMILES string of the molecule is CCCN1C(=O)C(=O)N(CC(=O)N[C@H](C)c2ccccc2Cl)C1=O. The lowest BCUT2D eigenvalue weighted by Gasteiger charge is -2.18. The largest absolute Gasteiger partial charge is 0.348 e. The highest BCUT2D eigenvalue weighted by atomic mass is 35.5. The van der Waals surface area contributed by atoms with Gasteiger partial charge in [-0.25, -0.2) is 9.69 Å². The number of carbonyl (C=O) groups is 4. The topological polar surface area (TPSA) is 86.8 Å². The van der Waals surface area contributed by atoms with Crippen molar-refractivity contribution in [3.05, 3.63) is 34.9 Å². The Morgan fingerprint density at radius 3 is 2.42 bits per heavy atom. The monoisotopic (exact) mass is 351 g/mol. The van der Waals surface area contributed by atoms with Gasteiger partial charge in [0.1, 0.15) is 6.54 Å². The van der Waals surface area contributed by atoms with Crippen molar-refractivity contribution in [2.75, 3.05) is 13.1 Å². The molecule has 0 bridgehead atoms. The van der Waals surface area contributed by atoms with Crippen LogP contribution >= 0.6 is 11.6 Å². The zero-order valence-electron chi connectivity index (χ0n) is 13.4. The Labute approximate surface area is 144 Å². The summed E-state index contributed by atoms with van der Waals surface area (Å²) in [6.07, 6.45) is 0.536. The van der Waals surface area contributed by atoms with E-state index in [-0.39, 0.29) is 6.54 Å². The van der Waals surface area contributed by atoms with Crippen molar-refractivity contribution in [1.82, 2.24) is 15.1 Å². The Bertz CT molecular complexity index is 692. The summed E-state index contributed by atoms with van der Waals surface area (Å²) >= 11 is 6.07. The minimum absolute atomic E-state index is 0.150. The number of imide groups is 2. The summed E-state index contributed by atoms with van der Waals surface area (Å²) in [5, 5.41) is 3.17. The number of amides is 5. The molecule has 1 aliphatic rings. The van der Waals surface area contributed by atoms with E-state index in [0.29, 0.717) is 16.3 Å². The molecule has 0 spiro atoms. The first-order valence-electron chi connectivity index (χ1n) is 7.58. The van der Waals surface area contributed by atoms with Gasteiger partial charge in [0.05, 0.1) is 6.04 Å². The highest BCUT2D eigenvalue weighted by Crippen LogP contribution is 2.22. The molecule has 7 nitrogen and oxygen atoms in total. The van der Waals surface area contributed by atoms with Gasteiger partial charge in [0.25, 0.3) is 0 Å². The molecule has 1 saturated heterocycles. The van der Waals surface area contributed by atoms with Crippen LogP contribution in [0.3, 0.4) is 0 Å². The minimum atomic E-state index is -0.978. The third kappa shape index (κ3) is 3.56. The lowest BCUT2D eigenvalue weighted by atomic mass is 10.1. The van der Waals surface area contributed by atoms with Gasteiger partial charge in [-0.1, -0.05) is 36.7 Å². The third-order valence-electron chi connectivity index (χ3n) is 3.63. The Morgan fingerprint density at radius 1 is 1.17 bits per heavy atom. The molecule has 1 heterocycles. The summed E-state index contributed by atoms with van der Waals surface area (Å²) in [7, 11) is 0. The Hall–Kier alpha value is -2.41. The molecule has 1 aromatic rings. The number of urea groups is 1. The summed E-state index contributed by atoms with van der Waals surface area (Å²) < 4.78 is 0. The van der Waals surface area contributed by atoms with Crippen LogP contribution in [0.25, 0.3) is 0 Å². The van der Waals surface area contributed by atoms with Gasteiger partial charge in [0, 0.05) is 11.6 Å². The summed E-state index contributed by atoms with van der Waals surface area (Å²) in [5.74, 6) is -2.42. The van der Waals surface area contributed by atoms with Crippen molar-refractivity contribution < 1.29 is 19.2 Å². The van der Waals surface area contributed by atoms with Crippen molar-refractivity contribution in [2.45, 2.75) is 26.3 Å². The molecular weight excluding hydrogens is 334 g/mol. The maximum absolute atomic E-state index is 12.1.